The van der Waals surface area contributed by atoms with Gasteiger partial charge in [0.1, 0.15) is 5.69 Å². The minimum absolute atomic E-state index is 0.0258. The highest BCUT2D eigenvalue weighted by Gasteiger charge is 2.21. The van der Waals surface area contributed by atoms with Crippen molar-refractivity contribution in [1.82, 2.24) is 4.98 Å². The van der Waals surface area contributed by atoms with Gasteiger partial charge in [0, 0.05) is 18.9 Å². The number of esters is 1. The van der Waals surface area contributed by atoms with Crippen LogP contribution in [0.25, 0.3) is 0 Å². The van der Waals surface area contributed by atoms with Crippen molar-refractivity contribution >= 4 is 34.4 Å². The molecule has 0 saturated heterocycles. The normalized spacial score (nSPS) is 11.6. The van der Waals surface area contributed by atoms with E-state index in [1.807, 2.05) is 30.3 Å². The lowest BCUT2D eigenvalue weighted by molar-refractivity contribution is -0.119. The monoisotopic (exact) mass is 374 g/mol. The van der Waals surface area contributed by atoms with E-state index in [0.29, 0.717) is 17.9 Å². The number of aromatic nitrogens is 1. The van der Waals surface area contributed by atoms with Crippen molar-refractivity contribution in [3.63, 3.8) is 0 Å². The number of benzene rings is 1. The smallest absolute Gasteiger partial charge is 0.354 e. The fourth-order valence-corrected chi connectivity index (χ4v) is 3.09. The minimum Gasteiger partial charge on any atom is -0.461 e. The number of H-pyrrole nitrogens is 1. The van der Waals surface area contributed by atoms with Crippen molar-refractivity contribution in [2.24, 2.45) is 5.92 Å². The molecule has 0 spiro atoms. The summed E-state index contributed by atoms with van der Waals surface area (Å²) in [5.41, 5.74) is 1.79. The van der Waals surface area contributed by atoms with Crippen LogP contribution in [0.4, 0.5) is 5.69 Å². The summed E-state index contributed by atoms with van der Waals surface area (Å²) < 4.78 is 4.91. The maximum absolute atomic E-state index is 12.7. The molecule has 7 heteroatoms. The number of carbonyl (C=O) groups is 3. The van der Waals surface area contributed by atoms with E-state index in [4.69, 9.17) is 4.74 Å². The van der Waals surface area contributed by atoms with Gasteiger partial charge in [0.2, 0.25) is 5.91 Å². The van der Waals surface area contributed by atoms with Crippen LogP contribution < -0.4 is 5.32 Å². The molecule has 1 atom stereocenters. The first-order chi connectivity index (χ1) is 12.5. The molecule has 0 radical (unpaired) electrons. The quantitative estimate of drug-likeness (QED) is 0.693. The Balaban J connectivity index is 2.05. The maximum Gasteiger partial charge on any atom is 0.354 e. The molecule has 0 saturated carbocycles. The van der Waals surface area contributed by atoms with Gasteiger partial charge in [0.25, 0.3) is 0 Å². The summed E-state index contributed by atoms with van der Waals surface area (Å²) >= 11 is 1.13. The van der Waals surface area contributed by atoms with E-state index < -0.39 is 5.97 Å². The van der Waals surface area contributed by atoms with Crippen molar-refractivity contribution in [2.75, 3.05) is 17.7 Å². The summed E-state index contributed by atoms with van der Waals surface area (Å²) in [7, 11) is 0. The van der Waals surface area contributed by atoms with E-state index >= 15 is 0 Å². The van der Waals surface area contributed by atoms with Crippen LogP contribution in [0.15, 0.2) is 42.6 Å². The van der Waals surface area contributed by atoms with E-state index in [1.54, 1.807) is 13.1 Å². The summed E-state index contributed by atoms with van der Waals surface area (Å²) in [6.45, 7) is 3.49. The van der Waals surface area contributed by atoms with Crippen LogP contribution in [0, 0.1) is 5.92 Å². The number of rotatable bonds is 8. The zero-order chi connectivity index (χ0) is 18.9. The molecular formula is C19H22N2O4S. The van der Waals surface area contributed by atoms with Gasteiger partial charge in [0.15, 0.2) is 5.12 Å². The number of amides is 1. The van der Waals surface area contributed by atoms with Gasteiger partial charge in [-0.2, -0.15) is 0 Å². The molecule has 2 aromatic rings. The maximum atomic E-state index is 12.7. The van der Waals surface area contributed by atoms with Gasteiger partial charge in [-0.3, -0.25) is 9.59 Å². The molecule has 1 aromatic heterocycles. The molecule has 0 fully saturated rings. The van der Waals surface area contributed by atoms with Gasteiger partial charge in [0.05, 0.1) is 18.2 Å². The Morgan fingerprint density at radius 2 is 1.96 bits per heavy atom. The lowest BCUT2D eigenvalue weighted by Gasteiger charge is -2.15. The van der Waals surface area contributed by atoms with Gasteiger partial charge in [-0.05, 0) is 25.0 Å². The number of anilines is 1. The molecule has 1 aromatic carbocycles. The topological polar surface area (TPSA) is 88.3 Å². The van der Waals surface area contributed by atoms with Gasteiger partial charge in [-0.25, -0.2) is 4.79 Å². The largest absolute Gasteiger partial charge is 0.461 e. The van der Waals surface area contributed by atoms with Crippen molar-refractivity contribution in [1.29, 1.82) is 0 Å². The predicted octanol–water partition coefficient (Wildman–Crippen LogP) is 3.27. The van der Waals surface area contributed by atoms with E-state index in [0.717, 1.165) is 17.3 Å². The van der Waals surface area contributed by atoms with E-state index in [1.165, 1.54) is 13.0 Å². The summed E-state index contributed by atoms with van der Waals surface area (Å²) in [4.78, 5) is 38.4. The molecule has 6 nitrogen and oxygen atoms in total. The number of hydrogen-bond donors (Lipinski definition) is 2. The highest BCUT2D eigenvalue weighted by atomic mass is 32.2. The van der Waals surface area contributed by atoms with Crippen LogP contribution >= 0.6 is 11.8 Å². The summed E-state index contributed by atoms with van der Waals surface area (Å²) in [6.07, 6.45) is 2.07. The van der Waals surface area contributed by atoms with E-state index in [2.05, 4.69) is 10.3 Å². The Hall–Kier alpha value is -2.54. The Kier molecular flexibility index (Phi) is 7.47. The van der Waals surface area contributed by atoms with Crippen LogP contribution in [0.3, 0.4) is 0 Å². The van der Waals surface area contributed by atoms with Crippen molar-refractivity contribution < 1.29 is 19.1 Å². The van der Waals surface area contributed by atoms with Crippen molar-refractivity contribution in [3.05, 3.63) is 53.9 Å². The Bertz CT molecular complexity index is 758. The second kappa shape index (κ2) is 9.82. The number of aromatic amines is 1. The molecule has 138 valence electrons. The molecule has 1 heterocycles. The summed E-state index contributed by atoms with van der Waals surface area (Å²) in [5, 5.41) is 2.77. The lowest BCUT2D eigenvalue weighted by atomic mass is 10.0. The minimum atomic E-state index is -0.471. The number of ether oxygens (including phenoxy) is 1. The first-order valence-electron chi connectivity index (χ1n) is 8.33. The average Bonchev–Trinajstić information content (AvgIpc) is 3.08. The SMILES string of the molecule is CCOC(=O)c1cc(NC(=O)C(CSC(C)=O)Cc2ccccc2)c[nH]1. The zero-order valence-corrected chi connectivity index (χ0v) is 15.6. The van der Waals surface area contributed by atoms with E-state index in [-0.39, 0.29) is 29.2 Å². The second-order valence-electron chi connectivity index (χ2n) is 5.70. The van der Waals surface area contributed by atoms with Gasteiger partial charge in [-0.1, -0.05) is 42.1 Å². The van der Waals surface area contributed by atoms with Crippen LogP contribution in [0.2, 0.25) is 0 Å². The molecule has 0 bridgehead atoms. The van der Waals surface area contributed by atoms with Crippen LogP contribution in [-0.2, 0) is 20.7 Å². The van der Waals surface area contributed by atoms with Crippen LogP contribution in [0.1, 0.15) is 29.9 Å². The molecule has 1 amide bonds. The molecule has 0 aliphatic rings. The van der Waals surface area contributed by atoms with Crippen molar-refractivity contribution in [2.45, 2.75) is 20.3 Å². The first kappa shape index (κ1) is 19.8. The molecule has 2 N–H and O–H groups in total. The van der Waals surface area contributed by atoms with E-state index in [9.17, 15) is 14.4 Å². The number of nitrogens with one attached hydrogen (secondary N) is 2. The molecule has 2 rings (SSSR count). The van der Waals surface area contributed by atoms with Crippen molar-refractivity contribution in [3.8, 4) is 0 Å². The predicted molar refractivity (Wildman–Crippen MR) is 102 cm³/mol. The number of carbonyl (C=O) groups excluding carboxylic acids is 3. The second-order valence-corrected chi connectivity index (χ2v) is 6.90. The third-order valence-corrected chi connectivity index (χ3v) is 4.60. The molecule has 26 heavy (non-hydrogen) atoms. The van der Waals surface area contributed by atoms with Crippen LogP contribution in [-0.4, -0.2) is 34.3 Å². The fraction of sp³-hybridized carbons (Fsp3) is 0.316. The van der Waals surface area contributed by atoms with Gasteiger partial charge in [-0.15, -0.1) is 0 Å². The fourth-order valence-electron chi connectivity index (χ4n) is 2.38. The third-order valence-electron chi connectivity index (χ3n) is 3.63. The Morgan fingerprint density at radius 3 is 2.62 bits per heavy atom. The van der Waals surface area contributed by atoms with Crippen LogP contribution in [0.5, 0.6) is 0 Å². The number of hydrogen-bond acceptors (Lipinski definition) is 5. The standard InChI is InChI=1S/C19H22N2O4S/c1-3-25-19(24)17-10-16(11-20-17)21-18(23)15(12-26-13(2)22)9-14-7-5-4-6-8-14/h4-8,10-11,15,20H,3,9,12H2,1-2H3,(H,21,23). The summed E-state index contributed by atoms with van der Waals surface area (Å²) in [6, 6.07) is 11.2. The highest BCUT2D eigenvalue weighted by molar-refractivity contribution is 8.13. The van der Waals surface area contributed by atoms with Gasteiger partial charge < -0.3 is 15.0 Å². The summed E-state index contributed by atoms with van der Waals surface area (Å²) in [5.74, 6) is -0.643. The number of thioether (sulfide) groups is 1. The highest BCUT2D eigenvalue weighted by Crippen LogP contribution is 2.19. The third kappa shape index (κ3) is 6.07. The molecule has 0 aliphatic carbocycles. The Morgan fingerprint density at radius 1 is 1.23 bits per heavy atom. The molecule has 0 aliphatic heterocycles. The lowest BCUT2D eigenvalue weighted by Crippen LogP contribution is -2.27. The molecular weight excluding hydrogens is 352 g/mol. The van der Waals surface area contributed by atoms with Gasteiger partial charge >= 0.3 is 5.97 Å². The molecule has 1 unspecified atom stereocenters. The first-order valence-corrected chi connectivity index (χ1v) is 9.31. The Labute approximate surface area is 156 Å². The zero-order valence-electron chi connectivity index (χ0n) is 14.8. The average molecular weight is 374 g/mol.